The lowest BCUT2D eigenvalue weighted by Gasteiger charge is -2.38. The summed E-state index contributed by atoms with van der Waals surface area (Å²) in [6, 6.07) is 0.256. The van der Waals surface area contributed by atoms with Crippen LogP contribution in [0.5, 0.6) is 0 Å². The number of piperidine rings is 1. The first kappa shape index (κ1) is 16.1. The lowest BCUT2D eigenvalue weighted by molar-refractivity contribution is 0.0441. The summed E-state index contributed by atoms with van der Waals surface area (Å²) in [6.07, 6.45) is 7.86. The van der Waals surface area contributed by atoms with Gasteiger partial charge in [-0.1, -0.05) is 12.8 Å². The van der Waals surface area contributed by atoms with Gasteiger partial charge in [0.25, 0.3) is 0 Å². The Hall–Kier alpha value is -0.770. The predicted molar refractivity (Wildman–Crippen MR) is 87.8 cm³/mol. The van der Waals surface area contributed by atoms with E-state index in [1.54, 1.807) is 0 Å². The Morgan fingerprint density at radius 3 is 2.36 bits per heavy atom. The van der Waals surface area contributed by atoms with Crippen molar-refractivity contribution in [2.75, 3.05) is 19.6 Å². The Bertz CT molecular complexity index is 374. The second-order valence-electron chi connectivity index (χ2n) is 8.79. The molecule has 0 aromatic carbocycles. The normalized spacial score (nSPS) is 30.1. The number of likely N-dealkylation sites (tertiary alicyclic amines) is 1. The number of carbonyl (C=O) groups is 1. The molecule has 0 spiro atoms. The van der Waals surface area contributed by atoms with E-state index in [1.165, 1.54) is 45.2 Å². The third-order valence-electron chi connectivity index (χ3n) is 4.91. The fraction of sp³-hybridized carbons (Fsp3) is 0.944. The highest BCUT2D eigenvalue weighted by molar-refractivity contribution is 5.68. The van der Waals surface area contributed by atoms with Crippen LogP contribution in [-0.2, 0) is 4.74 Å². The van der Waals surface area contributed by atoms with Crippen LogP contribution in [0.1, 0.15) is 59.3 Å². The van der Waals surface area contributed by atoms with E-state index in [2.05, 4.69) is 10.2 Å². The number of nitrogens with zero attached hydrogens (tertiary/aromatic N) is 1. The summed E-state index contributed by atoms with van der Waals surface area (Å²) >= 11 is 0. The van der Waals surface area contributed by atoms with Crippen LogP contribution in [0.4, 0.5) is 4.79 Å². The SMILES string of the molecule is CC(C)(C)OC(=O)NC1CC(CC2CC2)CN(CC2CC2)C1. The number of hydrogen-bond acceptors (Lipinski definition) is 3. The van der Waals surface area contributed by atoms with Crippen LogP contribution in [0.3, 0.4) is 0 Å². The topological polar surface area (TPSA) is 41.6 Å². The lowest BCUT2D eigenvalue weighted by Crippen LogP contribution is -2.52. The molecule has 2 unspecified atom stereocenters. The van der Waals surface area contributed by atoms with Crippen molar-refractivity contribution in [2.24, 2.45) is 17.8 Å². The molecule has 1 saturated heterocycles. The monoisotopic (exact) mass is 308 g/mol. The van der Waals surface area contributed by atoms with Crippen LogP contribution in [0.25, 0.3) is 0 Å². The Morgan fingerprint density at radius 2 is 1.77 bits per heavy atom. The second-order valence-corrected chi connectivity index (χ2v) is 8.79. The van der Waals surface area contributed by atoms with Gasteiger partial charge in [0.05, 0.1) is 0 Å². The van der Waals surface area contributed by atoms with Crippen molar-refractivity contribution in [1.29, 1.82) is 0 Å². The first-order valence-electron chi connectivity index (χ1n) is 9.09. The molecule has 3 aliphatic rings. The van der Waals surface area contributed by atoms with E-state index in [0.717, 1.165) is 30.7 Å². The molecule has 2 saturated carbocycles. The molecular weight excluding hydrogens is 276 g/mol. The maximum absolute atomic E-state index is 12.1. The first-order chi connectivity index (χ1) is 10.4. The van der Waals surface area contributed by atoms with Gasteiger partial charge in [0.2, 0.25) is 0 Å². The van der Waals surface area contributed by atoms with E-state index in [0.29, 0.717) is 0 Å². The van der Waals surface area contributed by atoms with Crippen LogP contribution < -0.4 is 5.32 Å². The van der Waals surface area contributed by atoms with Gasteiger partial charge in [0.1, 0.15) is 5.60 Å². The van der Waals surface area contributed by atoms with Crippen molar-refractivity contribution in [3.05, 3.63) is 0 Å². The molecular formula is C18H32N2O2. The fourth-order valence-corrected chi connectivity index (χ4v) is 3.69. The van der Waals surface area contributed by atoms with Gasteiger partial charge in [-0.25, -0.2) is 4.79 Å². The highest BCUT2D eigenvalue weighted by Gasteiger charge is 2.35. The molecule has 1 aliphatic heterocycles. The zero-order valence-electron chi connectivity index (χ0n) is 14.4. The third kappa shape index (κ3) is 5.45. The minimum absolute atomic E-state index is 0.254. The van der Waals surface area contributed by atoms with Crippen LogP contribution in [0.2, 0.25) is 0 Å². The predicted octanol–water partition coefficient (Wildman–Crippen LogP) is 3.41. The van der Waals surface area contributed by atoms with Gasteiger partial charge in [0.15, 0.2) is 0 Å². The van der Waals surface area contributed by atoms with Gasteiger partial charge in [-0.2, -0.15) is 0 Å². The average molecular weight is 308 g/mol. The van der Waals surface area contributed by atoms with Crippen molar-refractivity contribution < 1.29 is 9.53 Å². The van der Waals surface area contributed by atoms with Gasteiger partial charge in [0, 0.05) is 25.7 Å². The molecule has 4 nitrogen and oxygen atoms in total. The minimum atomic E-state index is -0.417. The Morgan fingerprint density at radius 1 is 1.09 bits per heavy atom. The second kappa shape index (κ2) is 6.38. The molecule has 22 heavy (non-hydrogen) atoms. The van der Waals surface area contributed by atoms with E-state index in [1.807, 2.05) is 20.8 Å². The molecule has 126 valence electrons. The molecule has 0 radical (unpaired) electrons. The Labute approximate surface area is 135 Å². The molecule has 3 fully saturated rings. The maximum Gasteiger partial charge on any atom is 0.407 e. The van der Waals surface area contributed by atoms with Gasteiger partial charge in [-0.3, -0.25) is 0 Å². The van der Waals surface area contributed by atoms with Crippen molar-refractivity contribution >= 4 is 6.09 Å². The number of ether oxygens (including phenoxy) is 1. The smallest absolute Gasteiger partial charge is 0.407 e. The molecule has 1 heterocycles. The lowest BCUT2D eigenvalue weighted by atomic mass is 9.89. The quantitative estimate of drug-likeness (QED) is 0.846. The van der Waals surface area contributed by atoms with E-state index in [9.17, 15) is 4.79 Å². The summed E-state index contributed by atoms with van der Waals surface area (Å²) < 4.78 is 5.43. The summed E-state index contributed by atoms with van der Waals surface area (Å²) in [6.45, 7) is 9.22. The number of nitrogens with one attached hydrogen (secondary N) is 1. The summed E-state index contributed by atoms with van der Waals surface area (Å²) in [4.78, 5) is 14.7. The summed E-state index contributed by atoms with van der Waals surface area (Å²) in [5.41, 5.74) is -0.417. The first-order valence-corrected chi connectivity index (χ1v) is 9.09. The summed E-state index contributed by atoms with van der Waals surface area (Å²) in [5, 5.41) is 3.12. The number of carbonyl (C=O) groups excluding carboxylic acids is 1. The number of amides is 1. The minimum Gasteiger partial charge on any atom is -0.444 e. The number of hydrogen-bond donors (Lipinski definition) is 1. The molecule has 4 heteroatoms. The van der Waals surface area contributed by atoms with Crippen LogP contribution >= 0.6 is 0 Å². The van der Waals surface area contributed by atoms with Gasteiger partial charge in [-0.05, 0) is 64.2 Å². The van der Waals surface area contributed by atoms with Crippen LogP contribution in [0, 0.1) is 17.8 Å². The van der Waals surface area contributed by atoms with Crippen molar-refractivity contribution in [3.63, 3.8) is 0 Å². The van der Waals surface area contributed by atoms with Crippen LogP contribution in [-0.4, -0.2) is 42.3 Å². The zero-order valence-corrected chi connectivity index (χ0v) is 14.4. The van der Waals surface area contributed by atoms with E-state index >= 15 is 0 Å². The van der Waals surface area contributed by atoms with Crippen molar-refractivity contribution in [3.8, 4) is 0 Å². The van der Waals surface area contributed by atoms with E-state index < -0.39 is 5.60 Å². The van der Waals surface area contributed by atoms with Gasteiger partial charge in [-0.15, -0.1) is 0 Å². The Kier molecular flexibility index (Phi) is 4.67. The molecule has 0 aromatic rings. The summed E-state index contributed by atoms with van der Waals surface area (Å²) in [7, 11) is 0. The van der Waals surface area contributed by atoms with Crippen molar-refractivity contribution in [2.45, 2.75) is 70.9 Å². The van der Waals surface area contributed by atoms with Crippen LogP contribution in [0.15, 0.2) is 0 Å². The largest absolute Gasteiger partial charge is 0.444 e. The Balaban J connectivity index is 1.52. The molecule has 0 bridgehead atoms. The zero-order chi connectivity index (χ0) is 15.7. The standard InChI is InChI=1S/C18H32N2O2/c1-18(2,3)22-17(21)19-16-9-15(8-13-4-5-13)11-20(12-16)10-14-6-7-14/h13-16H,4-12H2,1-3H3,(H,19,21). The average Bonchev–Trinajstić information content (AvgIpc) is 3.22. The number of rotatable bonds is 5. The molecule has 2 atom stereocenters. The van der Waals surface area contributed by atoms with E-state index in [-0.39, 0.29) is 12.1 Å². The fourth-order valence-electron chi connectivity index (χ4n) is 3.69. The molecule has 1 amide bonds. The van der Waals surface area contributed by atoms with Gasteiger partial charge >= 0.3 is 6.09 Å². The molecule has 0 aromatic heterocycles. The molecule has 2 aliphatic carbocycles. The molecule has 3 rings (SSSR count). The molecule has 1 N–H and O–H groups in total. The van der Waals surface area contributed by atoms with Gasteiger partial charge < -0.3 is 15.0 Å². The highest BCUT2D eigenvalue weighted by atomic mass is 16.6. The van der Waals surface area contributed by atoms with E-state index in [4.69, 9.17) is 4.74 Å². The van der Waals surface area contributed by atoms with Crippen molar-refractivity contribution in [1.82, 2.24) is 10.2 Å². The third-order valence-corrected chi connectivity index (χ3v) is 4.91. The number of alkyl carbamates (subject to hydrolysis) is 1. The maximum atomic E-state index is 12.1. The highest BCUT2D eigenvalue weighted by Crippen LogP contribution is 2.38. The summed E-state index contributed by atoms with van der Waals surface area (Å²) in [5.74, 6) is 2.63.